The van der Waals surface area contributed by atoms with Crippen LogP contribution in [0.15, 0.2) is 37.2 Å². The van der Waals surface area contributed by atoms with Gasteiger partial charge in [0.05, 0.1) is 19.7 Å². The minimum atomic E-state index is 0.644. The highest BCUT2D eigenvalue weighted by Gasteiger charge is 2.11. The lowest BCUT2D eigenvalue weighted by Crippen LogP contribution is -1.98. The highest BCUT2D eigenvalue weighted by molar-refractivity contribution is 5.88. The van der Waals surface area contributed by atoms with Crippen molar-refractivity contribution < 1.29 is 9.47 Å². The Bertz CT molecular complexity index is 710. The van der Waals surface area contributed by atoms with Crippen molar-refractivity contribution >= 4 is 10.9 Å². The molecule has 0 amide bonds. The molecule has 0 aliphatic carbocycles. The summed E-state index contributed by atoms with van der Waals surface area (Å²) in [6, 6.07) is 3.69. The van der Waals surface area contributed by atoms with Crippen molar-refractivity contribution in [3.8, 4) is 17.3 Å². The maximum Gasteiger partial charge on any atom is 0.162 e. The number of hydrogen-bond acceptors (Lipinski definition) is 5. The lowest BCUT2D eigenvalue weighted by atomic mass is 10.2. The molecule has 19 heavy (non-hydrogen) atoms. The van der Waals surface area contributed by atoms with Crippen molar-refractivity contribution in [3.05, 3.63) is 37.2 Å². The fraction of sp³-hybridized carbons (Fsp3) is 0.154. The fourth-order valence-corrected chi connectivity index (χ4v) is 1.96. The van der Waals surface area contributed by atoms with E-state index in [0.717, 1.165) is 16.7 Å². The zero-order valence-corrected chi connectivity index (χ0v) is 10.6. The SMILES string of the molecule is COc1cc2ncnc(-n3ccnc3)c2cc1OC. The Balaban J connectivity index is 2.30. The van der Waals surface area contributed by atoms with E-state index in [4.69, 9.17) is 9.47 Å². The van der Waals surface area contributed by atoms with Crippen molar-refractivity contribution in [2.24, 2.45) is 0 Å². The van der Waals surface area contributed by atoms with Gasteiger partial charge in [-0.25, -0.2) is 15.0 Å². The Labute approximate surface area is 109 Å². The van der Waals surface area contributed by atoms with Gasteiger partial charge in [0.2, 0.25) is 0 Å². The van der Waals surface area contributed by atoms with Crippen LogP contribution in [0.3, 0.4) is 0 Å². The summed E-state index contributed by atoms with van der Waals surface area (Å²) in [5.74, 6) is 2.04. The zero-order chi connectivity index (χ0) is 13.2. The molecule has 6 heteroatoms. The second-order valence-electron chi connectivity index (χ2n) is 3.89. The van der Waals surface area contributed by atoms with Crippen LogP contribution in [-0.4, -0.2) is 33.7 Å². The molecule has 0 saturated heterocycles. The van der Waals surface area contributed by atoms with E-state index in [0.29, 0.717) is 11.5 Å². The monoisotopic (exact) mass is 256 g/mol. The first-order valence-electron chi connectivity index (χ1n) is 5.68. The number of fused-ring (bicyclic) bond motifs is 1. The van der Waals surface area contributed by atoms with Crippen molar-refractivity contribution in [1.29, 1.82) is 0 Å². The lowest BCUT2D eigenvalue weighted by molar-refractivity contribution is 0.355. The Kier molecular flexibility index (Phi) is 2.75. The first-order chi connectivity index (χ1) is 9.33. The largest absolute Gasteiger partial charge is 0.493 e. The van der Waals surface area contributed by atoms with Crippen molar-refractivity contribution in [2.45, 2.75) is 0 Å². The summed E-state index contributed by atoms with van der Waals surface area (Å²) in [5, 5.41) is 0.873. The van der Waals surface area contributed by atoms with Crippen LogP contribution in [-0.2, 0) is 0 Å². The molecule has 0 spiro atoms. The number of methoxy groups -OCH3 is 2. The van der Waals surface area contributed by atoms with Crippen LogP contribution in [0.1, 0.15) is 0 Å². The van der Waals surface area contributed by atoms with E-state index >= 15 is 0 Å². The van der Waals surface area contributed by atoms with E-state index in [2.05, 4.69) is 15.0 Å². The molecule has 0 radical (unpaired) electrons. The number of benzene rings is 1. The Morgan fingerprint density at radius 1 is 1.05 bits per heavy atom. The highest BCUT2D eigenvalue weighted by Crippen LogP contribution is 2.32. The van der Waals surface area contributed by atoms with Gasteiger partial charge in [-0.05, 0) is 6.07 Å². The van der Waals surface area contributed by atoms with Crippen LogP contribution in [0.25, 0.3) is 16.7 Å². The van der Waals surface area contributed by atoms with Gasteiger partial charge in [0.15, 0.2) is 11.5 Å². The van der Waals surface area contributed by atoms with Crippen molar-refractivity contribution in [3.63, 3.8) is 0 Å². The van der Waals surface area contributed by atoms with Crippen LogP contribution in [0, 0.1) is 0 Å². The second kappa shape index (κ2) is 4.56. The number of nitrogens with zero attached hydrogens (tertiary/aromatic N) is 4. The molecule has 0 atom stereocenters. The summed E-state index contributed by atoms with van der Waals surface area (Å²) in [6.45, 7) is 0. The molecule has 0 bridgehead atoms. The summed E-state index contributed by atoms with van der Waals surface area (Å²) in [5.41, 5.74) is 0.788. The van der Waals surface area contributed by atoms with E-state index in [1.807, 2.05) is 22.9 Å². The normalized spacial score (nSPS) is 10.6. The van der Waals surface area contributed by atoms with Crippen molar-refractivity contribution in [1.82, 2.24) is 19.5 Å². The third-order valence-electron chi connectivity index (χ3n) is 2.87. The molecule has 96 valence electrons. The zero-order valence-electron chi connectivity index (χ0n) is 10.6. The van der Waals surface area contributed by atoms with E-state index in [-0.39, 0.29) is 0 Å². The molecule has 2 aromatic heterocycles. The molecule has 0 aliphatic rings. The minimum Gasteiger partial charge on any atom is -0.493 e. The third-order valence-corrected chi connectivity index (χ3v) is 2.87. The van der Waals surface area contributed by atoms with Crippen molar-refractivity contribution in [2.75, 3.05) is 14.2 Å². The molecule has 3 rings (SSSR count). The number of hydrogen-bond donors (Lipinski definition) is 0. The van der Waals surface area contributed by atoms with Crippen LogP contribution in [0.5, 0.6) is 11.5 Å². The maximum absolute atomic E-state index is 5.31. The van der Waals surface area contributed by atoms with Gasteiger partial charge in [-0.3, -0.25) is 4.57 Å². The summed E-state index contributed by atoms with van der Waals surface area (Å²) in [4.78, 5) is 12.6. The standard InChI is InChI=1S/C13H12N4O2/c1-18-11-5-9-10(6-12(11)19-2)15-7-16-13(9)17-4-3-14-8-17/h3-8H,1-2H3. The first kappa shape index (κ1) is 11.5. The molecular weight excluding hydrogens is 244 g/mol. The van der Waals surface area contributed by atoms with Crippen LogP contribution in [0.2, 0.25) is 0 Å². The predicted octanol–water partition coefficient (Wildman–Crippen LogP) is 1.83. The first-order valence-corrected chi connectivity index (χ1v) is 5.68. The van der Waals surface area contributed by atoms with Gasteiger partial charge in [0, 0.05) is 23.8 Å². The van der Waals surface area contributed by atoms with Gasteiger partial charge >= 0.3 is 0 Å². The Morgan fingerprint density at radius 3 is 2.53 bits per heavy atom. The average Bonchev–Trinajstić information content (AvgIpc) is 2.99. The van der Waals surface area contributed by atoms with E-state index < -0.39 is 0 Å². The van der Waals surface area contributed by atoms with E-state index in [1.54, 1.807) is 26.7 Å². The van der Waals surface area contributed by atoms with Crippen LogP contribution in [0.4, 0.5) is 0 Å². The number of rotatable bonds is 3. The molecule has 0 saturated carbocycles. The molecule has 0 aliphatic heterocycles. The van der Waals surface area contributed by atoms with Gasteiger partial charge in [-0.1, -0.05) is 0 Å². The minimum absolute atomic E-state index is 0.644. The smallest absolute Gasteiger partial charge is 0.162 e. The average molecular weight is 256 g/mol. The fourth-order valence-electron chi connectivity index (χ4n) is 1.96. The molecular formula is C13H12N4O2. The Hall–Kier alpha value is -2.63. The Morgan fingerprint density at radius 2 is 1.84 bits per heavy atom. The van der Waals surface area contributed by atoms with Crippen LogP contribution >= 0.6 is 0 Å². The van der Waals surface area contributed by atoms with Crippen LogP contribution < -0.4 is 9.47 Å². The van der Waals surface area contributed by atoms with Gasteiger partial charge in [0.25, 0.3) is 0 Å². The molecule has 1 aromatic carbocycles. The molecule has 6 nitrogen and oxygen atoms in total. The van der Waals surface area contributed by atoms with Gasteiger partial charge < -0.3 is 9.47 Å². The number of imidazole rings is 1. The summed E-state index contributed by atoms with van der Waals surface area (Å²) in [6.07, 6.45) is 6.75. The summed E-state index contributed by atoms with van der Waals surface area (Å²) < 4.78 is 12.4. The summed E-state index contributed by atoms with van der Waals surface area (Å²) in [7, 11) is 3.20. The summed E-state index contributed by atoms with van der Waals surface area (Å²) >= 11 is 0. The van der Waals surface area contributed by atoms with Gasteiger partial charge in [-0.2, -0.15) is 0 Å². The topological polar surface area (TPSA) is 62.1 Å². The highest BCUT2D eigenvalue weighted by atomic mass is 16.5. The molecule has 0 unspecified atom stereocenters. The quantitative estimate of drug-likeness (QED) is 0.715. The van der Waals surface area contributed by atoms with E-state index in [9.17, 15) is 0 Å². The molecule has 0 N–H and O–H groups in total. The molecule has 2 heterocycles. The van der Waals surface area contributed by atoms with Gasteiger partial charge in [-0.15, -0.1) is 0 Å². The van der Waals surface area contributed by atoms with E-state index in [1.165, 1.54) is 6.33 Å². The second-order valence-corrected chi connectivity index (χ2v) is 3.89. The molecule has 0 fully saturated rings. The predicted molar refractivity (Wildman–Crippen MR) is 69.8 cm³/mol. The number of aromatic nitrogens is 4. The molecule has 3 aromatic rings. The number of ether oxygens (including phenoxy) is 2. The third kappa shape index (κ3) is 1.87. The van der Waals surface area contributed by atoms with Gasteiger partial charge in [0.1, 0.15) is 18.5 Å². The maximum atomic E-state index is 5.31. The lowest BCUT2D eigenvalue weighted by Gasteiger charge is -2.10.